The fourth-order valence-corrected chi connectivity index (χ4v) is 8.06. The van der Waals surface area contributed by atoms with Gasteiger partial charge in [-0.25, -0.2) is 0 Å². The number of carbonyl (C=O) groups excluding carboxylic acids is 3. The van der Waals surface area contributed by atoms with Crippen LogP contribution in [0.25, 0.3) is 0 Å². The number of likely N-dealkylation sites (tertiary alicyclic amines) is 1. The van der Waals surface area contributed by atoms with Gasteiger partial charge in [0.25, 0.3) is 0 Å². The van der Waals surface area contributed by atoms with E-state index in [9.17, 15) is 14.4 Å². The van der Waals surface area contributed by atoms with Crippen LogP contribution in [-0.4, -0.2) is 80.1 Å². The molecular weight excluding hydrogens is 440 g/mol. The summed E-state index contributed by atoms with van der Waals surface area (Å²) in [6, 6.07) is -0.668. The van der Waals surface area contributed by atoms with Crippen LogP contribution in [0.1, 0.15) is 53.4 Å². The molecule has 2 fully saturated rings. The predicted molar refractivity (Wildman–Crippen MR) is 127 cm³/mol. The van der Waals surface area contributed by atoms with Gasteiger partial charge in [0.05, 0.1) is 23.2 Å². The van der Waals surface area contributed by atoms with Gasteiger partial charge in [0.2, 0.25) is 11.8 Å². The summed E-state index contributed by atoms with van der Waals surface area (Å²) in [4.78, 5) is 44.9. The Morgan fingerprint density at radius 3 is 2.55 bits per heavy atom. The van der Waals surface area contributed by atoms with Gasteiger partial charge in [0.1, 0.15) is 6.04 Å². The maximum absolute atomic E-state index is 14.1. The molecule has 0 saturated carbocycles. The summed E-state index contributed by atoms with van der Waals surface area (Å²) in [7, 11) is 0. The van der Waals surface area contributed by atoms with E-state index >= 15 is 0 Å². The minimum Gasteiger partial charge on any atom is -0.465 e. The molecule has 4 heterocycles. The van der Waals surface area contributed by atoms with Crippen molar-refractivity contribution in [3.8, 4) is 0 Å². The average molecular weight is 477 g/mol. The Labute approximate surface area is 200 Å². The second-order valence-electron chi connectivity index (χ2n) is 10.7. The SMILES string of the molecule is CC(C)(C)N1CC=C[C@]23S[C@]4(C)C=CCCOC(=O)[C@@H]4[C@H]2C(=O)N(CCCCCO)C3C1=O. The third kappa shape index (κ3) is 3.93. The van der Waals surface area contributed by atoms with Crippen LogP contribution in [0.5, 0.6) is 0 Å². The number of aliphatic hydroxyl groups is 1. The molecule has 1 unspecified atom stereocenters. The quantitative estimate of drug-likeness (QED) is 0.373. The van der Waals surface area contributed by atoms with Gasteiger partial charge in [-0.1, -0.05) is 24.3 Å². The Kier molecular flexibility index (Phi) is 6.46. The molecular formula is C25H36N2O5S. The lowest BCUT2D eigenvalue weighted by Crippen LogP contribution is -2.57. The zero-order valence-corrected chi connectivity index (χ0v) is 20.9. The number of thioether (sulfide) groups is 1. The number of nitrogens with zero attached hydrogens (tertiary/aromatic N) is 2. The molecule has 5 atom stereocenters. The van der Waals surface area contributed by atoms with Gasteiger partial charge in [-0.2, -0.15) is 0 Å². The maximum Gasteiger partial charge on any atom is 0.311 e. The summed E-state index contributed by atoms with van der Waals surface area (Å²) in [5.41, 5.74) is -0.398. The summed E-state index contributed by atoms with van der Waals surface area (Å²) >= 11 is 1.58. The first-order valence-electron chi connectivity index (χ1n) is 12.0. The molecule has 0 radical (unpaired) electrons. The number of amides is 2. The van der Waals surface area contributed by atoms with Crippen molar-refractivity contribution in [1.82, 2.24) is 9.80 Å². The predicted octanol–water partition coefficient (Wildman–Crippen LogP) is 2.54. The number of esters is 1. The molecule has 0 aromatic rings. The third-order valence-corrected chi connectivity index (χ3v) is 9.18. The molecule has 8 heteroatoms. The summed E-state index contributed by atoms with van der Waals surface area (Å²) in [6.07, 6.45) is 10.9. The van der Waals surface area contributed by atoms with E-state index in [0.29, 0.717) is 39.0 Å². The molecule has 4 rings (SSSR count). The van der Waals surface area contributed by atoms with E-state index in [1.54, 1.807) is 16.7 Å². The molecule has 0 aromatic heterocycles. The van der Waals surface area contributed by atoms with Gasteiger partial charge in [-0.15, -0.1) is 11.8 Å². The van der Waals surface area contributed by atoms with E-state index in [-0.39, 0.29) is 24.4 Å². The molecule has 4 aliphatic heterocycles. The number of rotatable bonds is 5. The Morgan fingerprint density at radius 1 is 1.09 bits per heavy atom. The van der Waals surface area contributed by atoms with Crippen LogP contribution in [0.15, 0.2) is 24.3 Å². The summed E-state index contributed by atoms with van der Waals surface area (Å²) in [5, 5.41) is 9.16. The van der Waals surface area contributed by atoms with Crippen LogP contribution in [-0.2, 0) is 19.1 Å². The third-order valence-electron chi connectivity index (χ3n) is 7.39. The number of aliphatic hydroxyl groups excluding tert-OH is 1. The monoisotopic (exact) mass is 476 g/mol. The van der Waals surface area contributed by atoms with Gasteiger partial charge >= 0.3 is 5.97 Å². The number of unbranched alkanes of at least 4 members (excludes halogenated alkanes) is 2. The van der Waals surface area contributed by atoms with E-state index in [2.05, 4.69) is 6.08 Å². The van der Waals surface area contributed by atoms with E-state index in [4.69, 9.17) is 9.84 Å². The molecule has 1 spiro atoms. The zero-order valence-electron chi connectivity index (χ0n) is 20.1. The van der Waals surface area contributed by atoms with Gasteiger partial charge in [-0.3, -0.25) is 14.4 Å². The van der Waals surface area contributed by atoms with Crippen LogP contribution in [0, 0.1) is 11.8 Å². The number of hydrogen-bond acceptors (Lipinski definition) is 6. The second-order valence-corrected chi connectivity index (χ2v) is 12.5. The fourth-order valence-electron chi connectivity index (χ4n) is 5.90. The lowest BCUT2D eigenvalue weighted by molar-refractivity contribution is -0.154. The Bertz CT molecular complexity index is 881. The number of ether oxygens (including phenoxy) is 1. The highest BCUT2D eigenvalue weighted by atomic mass is 32.2. The number of hydrogen-bond donors (Lipinski definition) is 1. The Balaban J connectivity index is 1.81. The van der Waals surface area contributed by atoms with Crippen LogP contribution in [0.2, 0.25) is 0 Å². The molecule has 2 saturated heterocycles. The van der Waals surface area contributed by atoms with Crippen LogP contribution in [0.4, 0.5) is 0 Å². The number of cyclic esters (lactones) is 1. The highest BCUT2D eigenvalue weighted by molar-refractivity contribution is 8.02. The fraction of sp³-hybridized carbons (Fsp3) is 0.720. The highest BCUT2D eigenvalue weighted by Gasteiger charge is 2.74. The van der Waals surface area contributed by atoms with Crippen LogP contribution >= 0.6 is 11.8 Å². The smallest absolute Gasteiger partial charge is 0.311 e. The van der Waals surface area contributed by atoms with Crippen molar-refractivity contribution in [2.45, 2.75) is 74.5 Å². The first-order chi connectivity index (χ1) is 15.6. The second kappa shape index (κ2) is 8.77. The van der Waals surface area contributed by atoms with E-state index in [0.717, 1.165) is 6.42 Å². The van der Waals surface area contributed by atoms with E-state index < -0.39 is 32.9 Å². The van der Waals surface area contributed by atoms with Crippen molar-refractivity contribution in [3.63, 3.8) is 0 Å². The average Bonchev–Trinajstić information content (AvgIpc) is 3.03. The number of carbonyl (C=O) groups is 3. The normalized spacial score (nSPS) is 36.2. The highest BCUT2D eigenvalue weighted by Crippen LogP contribution is 2.65. The van der Waals surface area contributed by atoms with Crippen molar-refractivity contribution in [2.24, 2.45) is 11.8 Å². The van der Waals surface area contributed by atoms with E-state index in [1.165, 1.54) is 0 Å². The summed E-state index contributed by atoms with van der Waals surface area (Å²) < 4.78 is 4.11. The zero-order chi connectivity index (χ0) is 24.0. The minimum atomic E-state index is -0.821. The Morgan fingerprint density at radius 2 is 1.85 bits per heavy atom. The van der Waals surface area contributed by atoms with Crippen LogP contribution in [0.3, 0.4) is 0 Å². The molecule has 0 bridgehead atoms. The van der Waals surface area contributed by atoms with Gasteiger partial charge in [0.15, 0.2) is 0 Å². The van der Waals surface area contributed by atoms with Crippen molar-refractivity contribution in [3.05, 3.63) is 24.3 Å². The van der Waals surface area contributed by atoms with Crippen molar-refractivity contribution in [2.75, 3.05) is 26.3 Å². The standard InChI is InChI=1S/C25H36N2O5S/c1-23(2,3)27-14-10-12-25-17(18-22(31)32-16-9-6-11-24(18,4)33-25)20(29)26(19(25)21(27)30)13-7-5-8-15-28/h6,10-12,17-19,28H,5,7-9,13-16H2,1-4H3/t17-,18-,19?,24+,25-/m0/s1. The van der Waals surface area contributed by atoms with Gasteiger partial charge in [0, 0.05) is 30.0 Å². The van der Waals surface area contributed by atoms with Crippen molar-refractivity contribution < 1.29 is 24.2 Å². The summed E-state index contributed by atoms with van der Waals surface area (Å²) in [5.74, 6) is -1.83. The lowest BCUT2D eigenvalue weighted by Gasteiger charge is -2.41. The molecule has 0 aliphatic carbocycles. The maximum atomic E-state index is 14.1. The first kappa shape index (κ1) is 24.3. The molecule has 33 heavy (non-hydrogen) atoms. The molecule has 2 amide bonds. The molecule has 7 nitrogen and oxygen atoms in total. The molecule has 1 N–H and O–H groups in total. The molecule has 182 valence electrons. The Hall–Kier alpha value is -1.80. The molecule has 0 aromatic carbocycles. The van der Waals surface area contributed by atoms with Gasteiger partial charge < -0.3 is 19.6 Å². The summed E-state index contributed by atoms with van der Waals surface area (Å²) in [6.45, 7) is 9.35. The van der Waals surface area contributed by atoms with Gasteiger partial charge in [-0.05, 0) is 53.4 Å². The first-order valence-corrected chi connectivity index (χ1v) is 12.8. The largest absolute Gasteiger partial charge is 0.465 e. The van der Waals surface area contributed by atoms with Crippen molar-refractivity contribution in [1.29, 1.82) is 0 Å². The number of fused-ring (bicyclic) bond motifs is 2. The lowest BCUT2D eigenvalue weighted by atomic mass is 9.74. The van der Waals surface area contributed by atoms with Crippen LogP contribution < -0.4 is 0 Å². The minimum absolute atomic E-state index is 0.0618. The topological polar surface area (TPSA) is 87.2 Å². The van der Waals surface area contributed by atoms with E-state index in [1.807, 2.05) is 50.8 Å². The molecule has 4 aliphatic rings. The van der Waals surface area contributed by atoms with Crippen molar-refractivity contribution >= 4 is 29.5 Å².